The van der Waals surface area contributed by atoms with Crippen LogP contribution in [0.2, 0.25) is 0 Å². The summed E-state index contributed by atoms with van der Waals surface area (Å²) in [5.74, 6) is -0.273. The molecule has 0 saturated carbocycles. The Morgan fingerprint density at radius 3 is 2.00 bits per heavy atom. The Balaban J connectivity index is 2.20. The Morgan fingerprint density at radius 1 is 0.950 bits per heavy atom. The van der Waals surface area contributed by atoms with Crippen LogP contribution in [-0.2, 0) is 20.5 Å². The maximum Gasteiger partial charge on any atom is 0.488 e. The van der Waals surface area contributed by atoms with Crippen LogP contribution in [0.5, 0.6) is 5.75 Å². The molecule has 20 heavy (non-hydrogen) atoms. The Bertz CT molecular complexity index is 663. The molecule has 0 radical (unpaired) electrons. The van der Waals surface area contributed by atoms with Crippen LogP contribution in [0.4, 0.5) is 3.89 Å². The van der Waals surface area contributed by atoms with Gasteiger partial charge in [0.05, 0.1) is 4.90 Å². The first kappa shape index (κ1) is 15.2. The Morgan fingerprint density at radius 2 is 1.50 bits per heavy atom. The molecule has 6 nitrogen and oxygen atoms in total. The molecule has 0 atom stereocenters. The van der Waals surface area contributed by atoms with Crippen molar-refractivity contribution in [2.24, 2.45) is 0 Å². The summed E-state index contributed by atoms with van der Waals surface area (Å²) in [4.78, 5) is 0.0306. The van der Waals surface area contributed by atoms with Gasteiger partial charge in [0, 0.05) is 13.1 Å². The van der Waals surface area contributed by atoms with Crippen molar-refractivity contribution in [3.63, 3.8) is 0 Å². The molecule has 1 aromatic rings. The van der Waals surface area contributed by atoms with Crippen LogP contribution >= 0.6 is 0 Å². The summed E-state index contributed by atoms with van der Waals surface area (Å²) in [5.41, 5.74) is 0. The van der Waals surface area contributed by atoms with E-state index in [1.807, 2.05) is 0 Å². The van der Waals surface area contributed by atoms with Gasteiger partial charge in [0.1, 0.15) is 5.75 Å². The molecule has 0 aliphatic carbocycles. The van der Waals surface area contributed by atoms with Crippen LogP contribution in [0.1, 0.15) is 19.3 Å². The van der Waals surface area contributed by atoms with Crippen molar-refractivity contribution in [2.75, 3.05) is 13.1 Å². The molecule has 0 unspecified atom stereocenters. The molecule has 0 bridgehead atoms. The quantitative estimate of drug-likeness (QED) is 0.784. The molecule has 0 amide bonds. The molecule has 1 fully saturated rings. The van der Waals surface area contributed by atoms with Crippen molar-refractivity contribution >= 4 is 20.5 Å². The number of sulfonamides is 1. The van der Waals surface area contributed by atoms with E-state index >= 15 is 0 Å². The first-order valence-electron chi connectivity index (χ1n) is 6.03. The van der Waals surface area contributed by atoms with Gasteiger partial charge >= 0.3 is 10.5 Å². The predicted molar refractivity (Wildman–Crippen MR) is 69.7 cm³/mol. The molecular weight excluding hydrogens is 309 g/mol. The van der Waals surface area contributed by atoms with Crippen molar-refractivity contribution in [2.45, 2.75) is 24.2 Å². The van der Waals surface area contributed by atoms with Crippen molar-refractivity contribution < 1.29 is 24.9 Å². The van der Waals surface area contributed by atoms with E-state index in [9.17, 15) is 20.7 Å². The number of halogens is 1. The van der Waals surface area contributed by atoms with Gasteiger partial charge in [-0.1, -0.05) is 10.3 Å². The summed E-state index contributed by atoms with van der Waals surface area (Å²) in [6, 6.07) is 4.61. The second kappa shape index (κ2) is 5.66. The number of benzene rings is 1. The zero-order valence-electron chi connectivity index (χ0n) is 10.5. The van der Waals surface area contributed by atoms with Crippen LogP contribution in [0.15, 0.2) is 29.2 Å². The molecule has 2 rings (SSSR count). The average Bonchev–Trinajstić information content (AvgIpc) is 2.38. The molecule has 1 aromatic carbocycles. The molecule has 1 aliphatic heterocycles. The zero-order valence-corrected chi connectivity index (χ0v) is 12.2. The van der Waals surface area contributed by atoms with E-state index in [-0.39, 0.29) is 10.6 Å². The topological polar surface area (TPSA) is 80.8 Å². The van der Waals surface area contributed by atoms with Crippen molar-refractivity contribution in [3.8, 4) is 5.75 Å². The van der Waals surface area contributed by atoms with E-state index in [2.05, 4.69) is 4.18 Å². The largest absolute Gasteiger partial charge is 0.488 e. The maximum absolute atomic E-state index is 12.3. The van der Waals surface area contributed by atoms with E-state index in [4.69, 9.17) is 0 Å². The number of hydrogen-bond donors (Lipinski definition) is 0. The van der Waals surface area contributed by atoms with Crippen LogP contribution < -0.4 is 4.18 Å². The molecule has 0 aromatic heterocycles. The Hall–Kier alpha value is -1.19. The first-order chi connectivity index (χ1) is 9.29. The zero-order chi connectivity index (χ0) is 14.8. The van der Waals surface area contributed by atoms with E-state index < -0.39 is 20.5 Å². The molecule has 1 aliphatic rings. The smallest absolute Gasteiger partial charge is 0.358 e. The summed E-state index contributed by atoms with van der Waals surface area (Å²) >= 11 is 0. The Labute approximate surface area is 117 Å². The number of rotatable bonds is 4. The van der Waals surface area contributed by atoms with Crippen LogP contribution in [-0.4, -0.2) is 34.2 Å². The minimum Gasteiger partial charge on any atom is -0.358 e. The SMILES string of the molecule is O=S(=O)(F)Oc1ccc(S(=O)(=O)N2CCCCC2)cc1. The van der Waals surface area contributed by atoms with E-state index in [0.29, 0.717) is 13.1 Å². The minimum atomic E-state index is -5.11. The molecule has 0 spiro atoms. The molecule has 1 heterocycles. The van der Waals surface area contributed by atoms with Gasteiger partial charge in [0.15, 0.2) is 0 Å². The highest BCUT2D eigenvalue weighted by Crippen LogP contribution is 2.23. The molecular formula is C11H14FNO5S2. The highest BCUT2D eigenvalue weighted by molar-refractivity contribution is 7.89. The maximum atomic E-state index is 12.3. The van der Waals surface area contributed by atoms with Crippen LogP contribution in [0.3, 0.4) is 0 Å². The van der Waals surface area contributed by atoms with Crippen molar-refractivity contribution in [3.05, 3.63) is 24.3 Å². The van der Waals surface area contributed by atoms with Gasteiger partial charge < -0.3 is 4.18 Å². The van der Waals surface area contributed by atoms with Crippen molar-refractivity contribution in [1.29, 1.82) is 0 Å². The first-order valence-corrected chi connectivity index (χ1v) is 8.78. The fourth-order valence-electron chi connectivity index (χ4n) is 2.04. The fourth-order valence-corrected chi connectivity index (χ4v) is 3.89. The van der Waals surface area contributed by atoms with Crippen molar-refractivity contribution in [1.82, 2.24) is 4.31 Å². The third kappa shape index (κ3) is 3.68. The lowest BCUT2D eigenvalue weighted by atomic mass is 10.2. The standard InChI is InChI=1S/C11H14FNO5S2/c12-20(16,17)18-10-4-6-11(7-5-10)19(14,15)13-8-2-1-3-9-13/h4-7H,1-3,8-9H2. The monoisotopic (exact) mass is 323 g/mol. The van der Waals surface area contributed by atoms with E-state index in [0.717, 1.165) is 31.4 Å². The van der Waals surface area contributed by atoms with Gasteiger partial charge in [-0.05, 0) is 37.1 Å². The molecule has 9 heteroatoms. The number of nitrogens with zero attached hydrogens (tertiary/aromatic N) is 1. The molecule has 1 saturated heterocycles. The normalized spacial score (nSPS) is 17.9. The molecule has 112 valence electrons. The number of piperidine rings is 1. The van der Waals surface area contributed by atoms with Gasteiger partial charge in [-0.2, -0.15) is 12.7 Å². The summed E-state index contributed by atoms with van der Waals surface area (Å²) in [6.07, 6.45) is 2.65. The van der Waals surface area contributed by atoms with Gasteiger partial charge in [-0.15, -0.1) is 0 Å². The summed E-state index contributed by atoms with van der Waals surface area (Å²) < 4.78 is 62.9. The second-order valence-corrected chi connectivity index (χ2v) is 7.30. The number of hydrogen-bond acceptors (Lipinski definition) is 5. The minimum absolute atomic E-state index is 0.0306. The lowest BCUT2D eigenvalue weighted by Crippen LogP contribution is -2.35. The third-order valence-corrected chi connectivity index (χ3v) is 5.28. The van der Waals surface area contributed by atoms with Gasteiger partial charge in [0.25, 0.3) is 0 Å². The molecule has 0 N–H and O–H groups in total. The second-order valence-electron chi connectivity index (χ2n) is 4.41. The van der Waals surface area contributed by atoms with Gasteiger partial charge in [-0.3, -0.25) is 0 Å². The summed E-state index contributed by atoms with van der Waals surface area (Å²) in [5, 5.41) is 0. The van der Waals surface area contributed by atoms with E-state index in [1.54, 1.807) is 0 Å². The third-order valence-electron chi connectivity index (χ3n) is 2.97. The average molecular weight is 323 g/mol. The summed E-state index contributed by atoms with van der Waals surface area (Å²) in [6.45, 7) is 0.943. The summed E-state index contributed by atoms with van der Waals surface area (Å²) in [7, 11) is -8.69. The van der Waals surface area contributed by atoms with Crippen LogP contribution in [0, 0.1) is 0 Å². The lowest BCUT2D eigenvalue weighted by molar-refractivity contribution is 0.346. The van der Waals surface area contributed by atoms with E-state index in [1.165, 1.54) is 16.4 Å². The highest BCUT2D eigenvalue weighted by atomic mass is 32.3. The predicted octanol–water partition coefficient (Wildman–Crippen LogP) is 1.45. The lowest BCUT2D eigenvalue weighted by Gasteiger charge is -2.25. The Kier molecular flexibility index (Phi) is 4.31. The van der Waals surface area contributed by atoms with Crippen LogP contribution in [0.25, 0.3) is 0 Å². The highest BCUT2D eigenvalue weighted by Gasteiger charge is 2.25. The van der Waals surface area contributed by atoms with Gasteiger partial charge in [0.2, 0.25) is 10.0 Å². The fraction of sp³-hybridized carbons (Fsp3) is 0.455. The van der Waals surface area contributed by atoms with Gasteiger partial charge in [-0.25, -0.2) is 8.42 Å².